The van der Waals surface area contributed by atoms with Gasteiger partial charge in [0.15, 0.2) is 0 Å². The summed E-state index contributed by atoms with van der Waals surface area (Å²) in [5.41, 5.74) is 5.88. The van der Waals surface area contributed by atoms with E-state index in [1.54, 1.807) is 0 Å². The predicted molar refractivity (Wildman–Crippen MR) is 77.8 cm³/mol. The summed E-state index contributed by atoms with van der Waals surface area (Å²) in [5.74, 6) is 0.831. The molecular weight excluding hydrogens is 224 g/mol. The van der Waals surface area contributed by atoms with E-state index in [2.05, 4.69) is 19.2 Å². The van der Waals surface area contributed by atoms with Gasteiger partial charge in [-0.3, -0.25) is 0 Å². The largest absolute Gasteiger partial charge is 0.380 e. The summed E-state index contributed by atoms with van der Waals surface area (Å²) >= 11 is 0. The van der Waals surface area contributed by atoms with Crippen LogP contribution >= 0.6 is 0 Å². The van der Waals surface area contributed by atoms with Crippen molar-refractivity contribution in [2.75, 3.05) is 26.3 Å². The number of nitrogens with two attached hydrogens (primary N) is 1. The quantitative estimate of drug-likeness (QED) is 0.624. The highest BCUT2D eigenvalue weighted by molar-refractivity contribution is 4.85. The van der Waals surface area contributed by atoms with E-state index in [-0.39, 0.29) is 5.54 Å². The van der Waals surface area contributed by atoms with Crippen LogP contribution in [-0.2, 0) is 4.74 Å². The van der Waals surface area contributed by atoms with Crippen LogP contribution in [0.25, 0.3) is 0 Å². The summed E-state index contributed by atoms with van der Waals surface area (Å²) < 4.78 is 5.56. The molecule has 3 N–H and O–H groups in total. The molecule has 1 fully saturated rings. The normalized spacial score (nSPS) is 26.2. The molecule has 1 aliphatic heterocycles. The van der Waals surface area contributed by atoms with Crippen molar-refractivity contribution < 1.29 is 4.74 Å². The second-order valence-electron chi connectivity index (χ2n) is 6.02. The summed E-state index contributed by atoms with van der Waals surface area (Å²) in [7, 11) is 0. The lowest BCUT2D eigenvalue weighted by molar-refractivity contribution is 0.0284. The average Bonchev–Trinajstić information content (AvgIpc) is 2.36. The van der Waals surface area contributed by atoms with Crippen molar-refractivity contribution in [1.29, 1.82) is 0 Å². The summed E-state index contributed by atoms with van der Waals surface area (Å²) in [6.45, 7) is 8.31. The Hall–Kier alpha value is -0.120. The molecule has 1 saturated heterocycles. The first-order chi connectivity index (χ1) is 8.70. The van der Waals surface area contributed by atoms with Gasteiger partial charge >= 0.3 is 0 Å². The number of rotatable bonds is 9. The van der Waals surface area contributed by atoms with Crippen LogP contribution in [-0.4, -0.2) is 31.8 Å². The molecular formula is C15H32N2O. The van der Waals surface area contributed by atoms with Crippen LogP contribution in [0.2, 0.25) is 0 Å². The Morgan fingerprint density at radius 2 is 2.17 bits per heavy atom. The Labute approximate surface area is 113 Å². The molecule has 2 atom stereocenters. The van der Waals surface area contributed by atoms with Gasteiger partial charge in [-0.1, -0.05) is 19.8 Å². The molecule has 108 valence electrons. The molecule has 3 heteroatoms. The Balaban J connectivity index is 2.12. The van der Waals surface area contributed by atoms with Gasteiger partial charge in [0.2, 0.25) is 0 Å². The lowest BCUT2D eigenvalue weighted by Crippen LogP contribution is -2.49. The van der Waals surface area contributed by atoms with Gasteiger partial charge in [-0.25, -0.2) is 0 Å². The van der Waals surface area contributed by atoms with E-state index in [1.807, 2.05) is 0 Å². The van der Waals surface area contributed by atoms with Crippen molar-refractivity contribution in [2.45, 2.75) is 64.3 Å². The van der Waals surface area contributed by atoms with Gasteiger partial charge in [0.05, 0.1) is 6.61 Å². The third-order valence-corrected chi connectivity index (χ3v) is 4.05. The standard InChI is InChI=1S/C15H32N2O/c1-3-6-14(8-10-16)7-4-11-17-15(2)9-5-12-18-13-15/h14,17H,3-13,16H2,1-2H3. The fourth-order valence-corrected chi connectivity index (χ4v) is 2.93. The minimum Gasteiger partial charge on any atom is -0.380 e. The second-order valence-corrected chi connectivity index (χ2v) is 6.02. The minimum atomic E-state index is 0.215. The molecule has 1 heterocycles. The molecule has 0 amide bonds. The van der Waals surface area contributed by atoms with Gasteiger partial charge in [-0.05, 0) is 58.0 Å². The van der Waals surface area contributed by atoms with E-state index in [0.29, 0.717) is 0 Å². The highest BCUT2D eigenvalue weighted by atomic mass is 16.5. The molecule has 0 aromatic heterocycles. The third kappa shape index (κ3) is 6.17. The third-order valence-electron chi connectivity index (χ3n) is 4.05. The zero-order valence-corrected chi connectivity index (χ0v) is 12.3. The second kappa shape index (κ2) is 8.89. The van der Waals surface area contributed by atoms with Crippen molar-refractivity contribution in [2.24, 2.45) is 11.7 Å². The van der Waals surface area contributed by atoms with Gasteiger partial charge in [-0.15, -0.1) is 0 Å². The summed E-state index contributed by atoms with van der Waals surface area (Å²) in [6, 6.07) is 0. The van der Waals surface area contributed by atoms with E-state index in [4.69, 9.17) is 10.5 Å². The molecule has 1 aliphatic rings. The fraction of sp³-hybridized carbons (Fsp3) is 1.00. The SMILES string of the molecule is CCCC(CCN)CCCNC1(C)CCCOC1. The highest BCUT2D eigenvalue weighted by Gasteiger charge is 2.26. The van der Waals surface area contributed by atoms with Crippen molar-refractivity contribution in [3.05, 3.63) is 0 Å². The summed E-state index contributed by atoms with van der Waals surface area (Å²) in [6.07, 6.45) is 8.81. The zero-order valence-electron chi connectivity index (χ0n) is 12.3. The van der Waals surface area contributed by atoms with Gasteiger partial charge in [0.1, 0.15) is 0 Å². The number of ether oxygens (including phenoxy) is 1. The van der Waals surface area contributed by atoms with Crippen LogP contribution in [0.3, 0.4) is 0 Å². The van der Waals surface area contributed by atoms with Gasteiger partial charge < -0.3 is 15.8 Å². The zero-order chi connectivity index (χ0) is 13.3. The van der Waals surface area contributed by atoms with Crippen molar-refractivity contribution in [1.82, 2.24) is 5.32 Å². The molecule has 0 saturated carbocycles. The molecule has 0 aromatic carbocycles. The topological polar surface area (TPSA) is 47.3 Å². The number of nitrogens with one attached hydrogen (secondary N) is 1. The lowest BCUT2D eigenvalue weighted by atomic mass is 9.93. The van der Waals surface area contributed by atoms with E-state index < -0.39 is 0 Å². The van der Waals surface area contributed by atoms with Crippen molar-refractivity contribution in [3.8, 4) is 0 Å². The van der Waals surface area contributed by atoms with E-state index in [9.17, 15) is 0 Å². The Kier molecular flexibility index (Phi) is 7.87. The Morgan fingerprint density at radius 1 is 1.33 bits per heavy atom. The molecule has 0 spiro atoms. The smallest absolute Gasteiger partial charge is 0.0645 e. The molecule has 1 rings (SSSR count). The van der Waals surface area contributed by atoms with Gasteiger partial charge in [0, 0.05) is 12.1 Å². The molecule has 0 aromatic rings. The maximum absolute atomic E-state index is 5.67. The van der Waals surface area contributed by atoms with Crippen LogP contribution in [0.5, 0.6) is 0 Å². The number of hydrogen-bond donors (Lipinski definition) is 2. The monoisotopic (exact) mass is 256 g/mol. The molecule has 0 bridgehead atoms. The van der Waals surface area contributed by atoms with Crippen molar-refractivity contribution >= 4 is 0 Å². The first-order valence-electron chi connectivity index (χ1n) is 7.73. The van der Waals surface area contributed by atoms with Crippen LogP contribution in [0.15, 0.2) is 0 Å². The van der Waals surface area contributed by atoms with Gasteiger partial charge in [-0.2, -0.15) is 0 Å². The first-order valence-corrected chi connectivity index (χ1v) is 7.73. The van der Waals surface area contributed by atoms with Crippen LogP contribution in [0.4, 0.5) is 0 Å². The van der Waals surface area contributed by atoms with Crippen molar-refractivity contribution in [3.63, 3.8) is 0 Å². The summed E-state index contributed by atoms with van der Waals surface area (Å²) in [5, 5.41) is 3.68. The molecule has 18 heavy (non-hydrogen) atoms. The number of hydrogen-bond acceptors (Lipinski definition) is 3. The molecule has 0 aliphatic carbocycles. The molecule has 0 radical (unpaired) electrons. The maximum atomic E-state index is 5.67. The maximum Gasteiger partial charge on any atom is 0.0645 e. The van der Waals surface area contributed by atoms with Crippen LogP contribution in [0, 0.1) is 5.92 Å². The van der Waals surface area contributed by atoms with Crippen LogP contribution < -0.4 is 11.1 Å². The van der Waals surface area contributed by atoms with E-state index in [0.717, 1.165) is 32.2 Å². The predicted octanol–water partition coefficient (Wildman–Crippen LogP) is 2.69. The minimum absolute atomic E-state index is 0.215. The fourth-order valence-electron chi connectivity index (χ4n) is 2.93. The molecule has 2 unspecified atom stereocenters. The summed E-state index contributed by atoms with van der Waals surface area (Å²) in [4.78, 5) is 0. The Bertz CT molecular complexity index is 197. The van der Waals surface area contributed by atoms with E-state index >= 15 is 0 Å². The molecule has 3 nitrogen and oxygen atoms in total. The lowest BCUT2D eigenvalue weighted by Gasteiger charge is -2.34. The highest BCUT2D eigenvalue weighted by Crippen LogP contribution is 2.20. The van der Waals surface area contributed by atoms with E-state index in [1.165, 1.54) is 44.9 Å². The first kappa shape index (κ1) is 15.9. The van der Waals surface area contributed by atoms with Gasteiger partial charge in [0.25, 0.3) is 0 Å². The average molecular weight is 256 g/mol. The van der Waals surface area contributed by atoms with Crippen LogP contribution in [0.1, 0.15) is 58.8 Å². The Morgan fingerprint density at radius 3 is 2.78 bits per heavy atom.